The lowest BCUT2D eigenvalue weighted by atomic mass is 10.1. The molecule has 6 heteroatoms. The van der Waals surface area contributed by atoms with Crippen molar-refractivity contribution in [2.45, 2.75) is 18.9 Å². The molecule has 0 saturated heterocycles. The van der Waals surface area contributed by atoms with Crippen molar-refractivity contribution < 1.29 is 9.66 Å². The predicted octanol–water partition coefficient (Wildman–Crippen LogP) is 1.76. The summed E-state index contributed by atoms with van der Waals surface area (Å²) in [5.74, 6) is 0. The number of nitro benzene ring substituents is 1. The van der Waals surface area contributed by atoms with Crippen LogP contribution in [0.5, 0.6) is 0 Å². The number of methoxy groups -OCH3 is 1. The summed E-state index contributed by atoms with van der Waals surface area (Å²) >= 11 is 0. The molecule has 0 aliphatic carbocycles. The molecule has 1 rings (SSSR count). The molecule has 0 amide bonds. The minimum absolute atomic E-state index is 0.0787. The number of nitrogens with two attached hydrogens (primary N) is 1. The van der Waals surface area contributed by atoms with Crippen molar-refractivity contribution in [2.24, 2.45) is 5.73 Å². The molecule has 0 saturated carbocycles. The normalized spacial score (nSPS) is 12.1. The smallest absolute Gasteiger partial charge is 0.271 e. The van der Waals surface area contributed by atoms with Crippen LogP contribution in [0.3, 0.4) is 0 Å². The first-order valence-corrected chi connectivity index (χ1v) is 5.87. The van der Waals surface area contributed by atoms with Crippen LogP contribution in [0.15, 0.2) is 24.3 Å². The van der Waals surface area contributed by atoms with Crippen LogP contribution >= 0.6 is 0 Å². The van der Waals surface area contributed by atoms with Gasteiger partial charge in [-0.05, 0) is 25.5 Å². The lowest BCUT2D eigenvalue weighted by Crippen LogP contribution is -2.25. The van der Waals surface area contributed by atoms with Crippen molar-refractivity contribution in [1.29, 1.82) is 0 Å². The van der Waals surface area contributed by atoms with E-state index < -0.39 is 4.92 Å². The molecule has 0 aromatic heterocycles. The number of nitrogens with one attached hydrogen (secondary N) is 1. The van der Waals surface area contributed by atoms with Crippen LogP contribution in [0.4, 0.5) is 11.4 Å². The predicted molar refractivity (Wildman–Crippen MR) is 70.7 cm³/mol. The van der Waals surface area contributed by atoms with Gasteiger partial charge in [-0.2, -0.15) is 0 Å². The lowest BCUT2D eigenvalue weighted by molar-refractivity contribution is -0.384. The number of nitro groups is 1. The van der Waals surface area contributed by atoms with Gasteiger partial charge in [0.15, 0.2) is 0 Å². The summed E-state index contributed by atoms with van der Waals surface area (Å²) in [6.07, 6.45) is 1.75. The van der Waals surface area contributed by atoms with Gasteiger partial charge >= 0.3 is 0 Å². The van der Waals surface area contributed by atoms with Gasteiger partial charge in [-0.3, -0.25) is 10.1 Å². The summed E-state index contributed by atoms with van der Waals surface area (Å²) in [6, 6.07) is 6.56. The second-order valence-electron chi connectivity index (χ2n) is 4.03. The summed E-state index contributed by atoms with van der Waals surface area (Å²) < 4.78 is 5.11. The Morgan fingerprint density at radius 1 is 1.56 bits per heavy atom. The van der Waals surface area contributed by atoms with Gasteiger partial charge in [0.05, 0.1) is 11.5 Å². The molecule has 1 aromatic carbocycles. The van der Waals surface area contributed by atoms with Crippen LogP contribution in [0.2, 0.25) is 0 Å². The fraction of sp³-hybridized carbons (Fsp3) is 0.500. The van der Waals surface area contributed by atoms with E-state index >= 15 is 0 Å². The Morgan fingerprint density at radius 3 is 2.94 bits per heavy atom. The van der Waals surface area contributed by atoms with Gasteiger partial charge in [0.2, 0.25) is 0 Å². The van der Waals surface area contributed by atoms with E-state index in [2.05, 4.69) is 5.32 Å². The van der Waals surface area contributed by atoms with E-state index in [1.165, 1.54) is 12.1 Å². The Labute approximate surface area is 106 Å². The van der Waals surface area contributed by atoms with E-state index in [9.17, 15) is 10.1 Å². The Kier molecular flexibility index (Phi) is 6.10. The molecular formula is C12H19N3O3. The minimum atomic E-state index is -0.406. The molecule has 0 heterocycles. The minimum Gasteiger partial charge on any atom is -0.383 e. The molecule has 1 aromatic rings. The van der Waals surface area contributed by atoms with E-state index in [0.29, 0.717) is 13.2 Å². The molecule has 0 fully saturated rings. The van der Waals surface area contributed by atoms with Crippen LogP contribution in [-0.4, -0.2) is 31.2 Å². The van der Waals surface area contributed by atoms with Crippen molar-refractivity contribution in [1.82, 2.24) is 0 Å². The van der Waals surface area contributed by atoms with Gasteiger partial charge in [0.25, 0.3) is 5.69 Å². The number of hydrogen-bond donors (Lipinski definition) is 2. The molecule has 0 bridgehead atoms. The number of ether oxygens (including phenoxy) is 1. The second kappa shape index (κ2) is 7.62. The maximum absolute atomic E-state index is 10.7. The van der Waals surface area contributed by atoms with Gasteiger partial charge < -0.3 is 15.8 Å². The van der Waals surface area contributed by atoms with Crippen molar-refractivity contribution >= 4 is 11.4 Å². The van der Waals surface area contributed by atoms with Gasteiger partial charge in [-0.1, -0.05) is 6.07 Å². The first-order chi connectivity index (χ1) is 8.67. The highest BCUT2D eigenvalue weighted by molar-refractivity contribution is 5.51. The number of rotatable bonds is 8. The highest BCUT2D eigenvalue weighted by atomic mass is 16.6. The van der Waals surface area contributed by atoms with E-state index in [1.807, 2.05) is 0 Å². The zero-order chi connectivity index (χ0) is 13.4. The van der Waals surface area contributed by atoms with Crippen molar-refractivity contribution in [2.75, 3.05) is 25.6 Å². The number of hydrogen-bond acceptors (Lipinski definition) is 5. The second-order valence-corrected chi connectivity index (χ2v) is 4.03. The molecule has 1 atom stereocenters. The maximum Gasteiger partial charge on any atom is 0.271 e. The molecule has 0 spiro atoms. The highest BCUT2D eigenvalue weighted by Gasteiger charge is 2.10. The Hall–Kier alpha value is -1.66. The summed E-state index contributed by atoms with van der Waals surface area (Å²) in [5, 5.41) is 13.9. The first kappa shape index (κ1) is 14.4. The molecule has 0 aliphatic heterocycles. The standard InChI is InChI=1S/C12H19N3O3/c1-18-9-11(5-3-7-13)14-10-4-2-6-12(8-10)15(16)17/h2,4,6,8,11,14H,3,5,7,9,13H2,1H3. The van der Waals surface area contributed by atoms with Crippen molar-refractivity contribution in [3.8, 4) is 0 Å². The molecule has 1 unspecified atom stereocenters. The Bertz CT molecular complexity index is 385. The average Bonchev–Trinajstić information content (AvgIpc) is 2.36. The number of anilines is 1. The Balaban J connectivity index is 2.67. The number of non-ortho nitro benzene ring substituents is 1. The molecule has 0 radical (unpaired) electrons. The lowest BCUT2D eigenvalue weighted by Gasteiger charge is -2.18. The van der Waals surface area contributed by atoms with Crippen LogP contribution in [0.1, 0.15) is 12.8 Å². The Morgan fingerprint density at radius 2 is 2.33 bits per heavy atom. The van der Waals surface area contributed by atoms with Gasteiger partial charge in [-0.15, -0.1) is 0 Å². The molecule has 0 aliphatic rings. The number of nitrogens with zero attached hydrogens (tertiary/aromatic N) is 1. The third-order valence-corrected chi connectivity index (χ3v) is 2.55. The van der Waals surface area contributed by atoms with Crippen LogP contribution in [0, 0.1) is 10.1 Å². The van der Waals surface area contributed by atoms with E-state index in [0.717, 1.165) is 18.5 Å². The molecule has 6 nitrogen and oxygen atoms in total. The van der Waals surface area contributed by atoms with E-state index in [1.54, 1.807) is 19.2 Å². The van der Waals surface area contributed by atoms with Crippen LogP contribution in [0.25, 0.3) is 0 Å². The van der Waals surface area contributed by atoms with Gasteiger partial charge in [0.1, 0.15) is 0 Å². The molecule has 18 heavy (non-hydrogen) atoms. The van der Waals surface area contributed by atoms with Gasteiger partial charge in [0, 0.05) is 31.0 Å². The van der Waals surface area contributed by atoms with E-state index in [-0.39, 0.29) is 11.7 Å². The van der Waals surface area contributed by atoms with Crippen LogP contribution < -0.4 is 11.1 Å². The van der Waals surface area contributed by atoms with Gasteiger partial charge in [-0.25, -0.2) is 0 Å². The highest BCUT2D eigenvalue weighted by Crippen LogP contribution is 2.18. The summed E-state index contributed by atoms with van der Waals surface area (Å²) in [5.41, 5.74) is 6.28. The molecular weight excluding hydrogens is 234 g/mol. The topological polar surface area (TPSA) is 90.4 Å². The summed E-state index contributed by atoms with van der Waals surface area (Å²) in [6.45, 7) is 1.17. The third kappa shape index (κ3) is 4.68. The first-order valence-electron chi connectivity index (χ1n) is 5.87. The average molecular weight is 253 g/mol. The SMILES string of the molecule is COCC(CCCN)Nc1cccc([N+](=O)[O-])c1. The van der Waals surface area contributed by atoms with Crippen molar-refractivity contribution in [3.63, 3.8) is 0 Å². The van der Waals surface area contributed by atoms with Crippen molar-refractivity contribution in [3.05, 3.63) is 34.4 Å². The quantitative estimate of drug-likeness (QED) is 0.544. The maximum atomic E-state index is 10.7. The van der Waals surface area contributed by atoms with Crippen LogP contribution in [-0.2, 0) is 4.74 Å². The summed E-state index contributed by atoms with van der Waals surface area (Å²) in [4.78, 5) is 10.3. The zero-order valence-corrected chi connectivity index (χ0v) is 10.5. The zero-order valence-electron chi connectivity index (χ0n) is 10.5. The fourth-order valence-corrected chi connectivity index (χ4v) is 1.71. The van der Waals surface area contributed by atoms with E-state index in [4.69, 9.17) is 10.5 Å². The fourth-order valence-electron chi connectivity index (χ4n) is 1.71. The molecule has 3 N–H and O–H groups in total. The molecule has 100 valence electrons. The third-order valence-electron chi connectivity index (χ3n) is 2.55. The largest absolute Gasteiger partial charge is 0.383 e. The summed E-state index contributed by atoms with van der Waals surface area (Å²) in [7, 11) is 1.63. The number of benzene rings is 1. The monoisotopic (exact) mass is 253 g/mol.